The molecule has 0 aromatic rings. The second-order valence-electron chi connectivity index (χ2n) is 10.1. The molecule has 1 aliphatic rings. The van der Waals surface area contributed by atoms with E-state index >= 15 is 0 Å². The smallest absolute Gasteiger partial charge is 0.421 e. The average molecular weight is 685 g/mol. The zero-order valence-corrected chi connectivity index (χ0v) is 28.4. The lowest BCUT2D eigenvalue weighted by Gasteiger charge is -2.21. The third-order valence-corrected chi connectivity index (χ3v) is 7.78. The molecule has 270 valence electrons. The Morgan fingerprint density at radius 3 is 2.07 bits per heavy atom. The van der Waals surface area contributed by atoms with E-state index in [4.69, 9.17) is 14.2 Å². The molecule has 1 aliphatic carbocycles. The number of nitrogens with zero attached hydrogens (tertiary/aromatic N) is 1. The van der Waals surface area contributed by atoms with Gasteiger partial charge in [-0.3, -0.25) is 19.2 Å². The van der Waals surface area contributed by atoms with Crippen molar-refractivity contribution in [2.75, 3.05) is 46.0 Å². The minimum Gasteiger partial charge on any atom is -0.464 e. The molecule has 3 amide bonds. The first-order valence-corrected chi connectivity index (χ1v) is 17.2. The van der Waals surface area contributed by atoms with Gasteiger partial charge in [-0.2, -0.15) is 12.7 Å². The second kappa shape index (κ2) is 24.7. The lowest BCUT2D eigenvalue weighted by Crippen LogP contribution is -2.46. The van der Waals surface area contributed by atoms with Crippen LogP contribution in [0.2, 0.25) is 0 Å². The SMILES string of the molecule is CC.CC(=O)OCCN(CCOC(C)=O)S(=O)(=O)NC(=O)OCCCCCNC(=O)CCCCNC(=O)C1(F)C#CCCCCC1.[HH].[HH].[HH]. The molecule has 1 atom stereocenters. The van der Waals surface area contributed by atoms with Gasteiger partial charge in [0, 0.05) is 63.6 Å². The van der Waals surface area contributed by atoms with E-state index in [1.54, 1.807) is 4.72 Å². The minimum absolute atomic E-state index is 0. The lowest BCUT2D eigenvalue weighted by molar-refractivity contribution is -0.141. The van der Waals surface area contributed by atoms with Gasteiger partial charge in [-0.15, -0.1) is 0 Å². The molecule has 0 heterocycles. The Balaban J connectivity index is -0.00000198. The Kier molecular flexibility index (Phi) is 22.9. The first kappa shape index (κ1) is 42.6. The molecule has 0 saturated heterocycles. The highest BCUT2D eigenvalue weighted by molar-refractivity contribution is 7.87. The number of rotatable bonds is 20. The van der Waals surface area contributed by atoms with Gasteiger partial charge in [-0.25, -0.2) is 13.9 Å². The normalized spacial score (nSPS) is 15.8. The van der Waals surface area contributed by atoms with Crippen molar-refractivity contribution in [1.82, 2.24) is 19.7 Å². The molecular formula is C30H57FN4O10S. The number of nitrogens with one attached hydrogen (secondary N) is 3. The number of hydrogen-bond donors (Lipinski definition) is 3. The van der Waals surface area contributed by atoms with Gasteiger partial charge < -0.3 is 24.8 Å². The molecule has 16 heteroatoms. The zero-order chi connectivity index (χ0) is 34.8. The maximum atomic E-state index is 14.8. The number of carbonyl (C=O) groups is 5. The van der Waals surface area contributed by atoms with Crippen LogP contribution in [-0.2, 0) is 43.6 Å². The highest BCUT2D eigenvalue weighted by atomic mass is 32.2. The van der Waals surface area contributed by atoms with Gasteiger partial charge in [0.2, 0.25) is 11.6 Å². The highest BCUT2D eigenvalue weighted by Crippen LogP contribution is 2.22. The average Bonchev–Trinajstić information content (AvgIpc) is 2.98. The summed E-state index contributed by atoms with van der Waals surface area (Å²) in [6, 6.07) is 0. The van der Waals surface area contributed by atoms with Crippen LogP contribution in [0.1, 0.15) is 103 Å². The largest absolute Gasteiger partial charge is 0.464 e. The molecule has 1 unspecified atom stereocenters. The Bertz CT molecular complexity index is 1120. The predicted molar refractivity (Wildman–Crippen MR) is 174 cm³/mol. The molecule has 3 N–H and O–H groups in total. The van der Waals surface area contributed by atoms with Gasteiger partial charge in [0.25, 0.3) is 5.91 Å². The van der Waals surface area contributed by atoms with E-state index in [1.807, 2.05) is 13.8 Å². The van der Waals surface area contributed by atoms with Crippen LogP contribution in [0.25, 0.3) is 0 Å². The predicted octanol–water partition coefficient (Wildman–Crippen LogP) is 3.40. The maximum Gasteiger partial charge on any atom is 0.421 e. The van der Waals surface area contributed by atoms with Gasteiger partial charge in [0.1, 0.15) is 13.2 Å². The van der Waals surface area contributed by atoms with Crippen molar-refractivity contribution in [3.63, 3.8) is 0 Å². The summed E-state index contributed by atoms with van der Waals surface area (Å²) in [5.41, 5.74) is -2.15. The molecule has 0 fully saturated rings. The van der Waals surface area contributed by atoms with Crippen LogP contribution >= 0.6 is 0 Å². The van der Waals surface area contributed by atoms with E-state index in [-0.39, 0.29) is 62.5 Å². The standard InChI is InChI=1S/C28H45FN4O10S.C2H6.3H2/c1-23(34)41-21-18-33(19-22-42-24(2)35)44(39,40)32-27(38)43-20-12-6-10-16-30-25(36)13-7-11-17-31-26(37)28(29)14-8-4-3-5-9-15-28;1-2;;;/h3-8,10-14,16-22H2,1-2H3,(H,30,36)(H,31,37)(H,32,38);1-2H3;3*1H. The molecule has 0 aliphatic heterocycles. The Hall–Kier alpha value is -3.45. The Morgan fingerprint density at radius 2 is 1.43 bits per heavy atom. The van der Waals surface area contributed by atoms with Crippen LogP contribution in [0.3, 0.4) is 0 Å². The van der Waals surface area contributed by atoms with Crippen molar-refractivity contribution in [2.24, 2.45) is 0 Å². The van der Waals surface area contributed by atoms with Crippen molar-refractivity contribution < 1.29 is 55.3 Å². The summed E-state index contributed by atoms with van der Waals surface area (Å²) in [5.74, 6) is 3.11. The van der Waals surface area contributed by atoms with Crippen LogP contribution in [0, 0.1) is 11.8 Å². The quantitative estimate of drug-likeness (QED) is 0.0743. The van der Waals surface area contributed by atoms with E-state index in [1.165, 1.54) is 0 Å². The van der Waals surface area contributed by atoms with E-state index < -0.39 is 39.8 Å². The summed E-state index contributed by atoms with van der Waals surface area (Å²) in [7, 11) is -4.37. The molecule has 0 aromatic heterocycles. The Morgan fingerprint density at radius 1 is 0.826 bits per heavy atom. The molecule has 14 nitrogen and oxygen atoms in total. The van der Waals surface area contributed by atoms with Crippen LogP contribution in [0.15, 0.2) is 0 Å². The summed E-state index contributed by atoms with van der Waals surface area (Å²) < 4.78 is 56.8. The fourth-order valence-corrected chi connectivity index (χ4v) is 4.99. The first-order chi connectivity index (χ1) is 21.9. The van der Waals surface area contributed by atoms with Crippen molar-refractivity contribution in [1.29, 1.82) is 0 Å². The van der Waals surface area contributed by atoms with Crippen LogP contribution in [0.5, 0.6) is 0 Å². The summed E-state index contributed by atoms with van der Waals surface area (Å²) in [4.78, 5) is 58.1. The summed E-state index contributed by atoms with van der Waals surface area (Å²) >= 11 is 0. The minimum atomic E-state index is -4.37. The van der Waals surface area contributed by atoms with Gasteiger partial charge in [0.15, 0.2) is 0 Å². The van der Waals surface area contributed by atoms with E-state index in [0.717, 1.165) is 31.0 Å². The number of esters is 2. The molecule has 0 saturated carbocycles. The molecule has 0 spiro atoms. The first-order valence-electron chi connectivity index (χ1n) is 15.8. The summed E-state index contributed by atoms with van der Waals surface area (Å²) in [6.45, 7) is 5.83. The topological polar surface area (TPSA) is 187 Å². The van der Waals surface area contributed by atoms with Crippen molar-refractivity contribution in [3.05, 3.63) is 0 Å². The number of ether oxygens (including phenoxy) is 3. The lowest BCUT2D eigenvalue weighted by atomic mass is 9.94. The number of amides is 3. The zero-order valence-electron chi connectivity index (χ0n) is 27.5. The highest BCUT2D eigenvalue weighted by Gasteiger charge is 2.36. The number of carbonyl (C=O) groups excluding carboxylic acids is 5. The van der Waals surface area contributed by atoms with Gasteiger partial charge >= 0.3 is 28.2 Å². The molecule has 1 rings (SSSR count). The van der Waals surface area contributed by atoms with Gasteiger partial charge in [0.05, 0.1) is 6.61 Å². The molecular weight excluding hydrogens is 627 g/mol. The molecule has 0 bridgehead atoms. The number of unbranched alkanes of at least 4 members (excludes halogenated alkanes) is 3. The van der Waals surface area contributed by atoms with Crippen molar-refractivity contribution in [2.45, 2.75) is 104 Å². The molecule has 46 heavy (non-hydrogen) atoms. The third kappa shape index (κ3) is 20.6. The van der Waals surface area contributed by atoms with Crippen LogP contribution in [-0.4, -0.2) is 94.2 Å². The van der Waals surface area contributed by atoms with Crippen LogP contribution < -0.4 is 15.4 Å². The van der Waals surface area contributed by atoms with Crippen molar-refractivity contribution in [3.8, 4) is 11.8 Å². The van der Waals surface area contributed by atoms with Gasteiger partial charge in [-0.05, 0) is 44.9 Å². The second-order valence-corrected chi connectivity index (χ2v) is 11.8. The van der Waals surface area contributed by atoms with E-state index in [9.17, 15) is 36.8 Å². The van der Waals surface area contributed by atoms with Crippen molar-refractivity contribution >= 4 is 40.1 Å². The van der Waals surface area contributed by atoms with E-state index in [2.05, 4.69) is 22.5 Å². The monoisotopic (exact) mass is 684 g/mol. The summed E-state index contributed by atoms with van der Waals surface area (Å²) in [6.07, 6.45) is 4.79. The van der Waals surface area contributed by atoms with Crippen LogP contribution in [0.4, 0.5) is 9.18 Å². The maximum absolute atomic E-state index is 14.8. The number of halogens is 1. The van der Waals surface area contributed by atoms with Gasteiger partial charge in [-0.1, -0.05) is 32.1 Å². The Labute approximate surface area is 276 Å². The fraction of sp³-hybridized carbons (Fsp3) is 0.767. The molecule has 0 aromatic carbocycles. The summed E-state index contributed by atoms with van der Waals surface area (Å²) in [5, 5.41) is 5.35. The number of alkyl halides is 1. The third-order valence-electron chi connectivity index (χ3n) is 6.31. The fourth-order valence-electron chi connectivity index (χ4n) is 3.97. The molecule has 0 radical (unpaired) electrons. The number of hydrogen-bond acceptors (Lipinski definition) is 10. The van der Waals surface area contributed by atoms with E-state index in [0.29, 0.717) is 51.5 Å².